The Morgan fingerprint density at radius 1 is 1.29 bits per heavy atom. The van der Waals surface area contributed by atoms with Gasteiger partial charge in [0.2, 0.25) is 0 Å². The molecule has 0 fully saturated rings. The normalized spacial score (nSPS) is 11.5. The molecule has 0 unspecified atom stereocenters. The second-order valence-corrected chi connectivity index (χ2v) is 7.45. The Morgan fingerprint density at radius 3 is 2.61 bits per heavy atom. The number of aromatic nitrogens is 2. The Morgan fingerprint density at radius 2 is 2.00 bits per heavy atom. The highest BCUT2D eigenvalue weighted by atomic mass is 19.1. The van der Waals surface area contributed by atoms with Crippen LogP contribution < -0.4 is 15.8 Å². The molecule has 148 valence electrons. The van der Waals surface area contributed by atoms with Crippen LogP contribution in [0.25, 0.3) is 10.9 Å². The number of benzene rings is 2. The Hall–Kier alpha value is -3.29. The minimum absolute atomic E-state index is 0.247. The number of fused-ring (bicyclic) bond motifs is 1. The van der Waals surface area contributed by atoms with Crippen LogP contribution in [0.3, 0.4) is 0 Å². The average Bonchev–Trinajstić information content (AvgIpc) is 3.01. The third kappa shape index (κ3) is 3.71. The molecule has 2 aromatic carbocycles. The van der Waals surface area contributed by atoms with Crippen molar-refractivity contribution < 1.29 is 18.7 Å². The van der Waals surface area contributed by atoms with Crippen molar-refractivity contribution in [3.63, 3.8) is 0 Å². The predicted molar refractivity (Wildman–Crippen MR) is 107 cm³/mol. The molecular weight excluding hydrogens is 363 g/mol. The second-order valence-electron chi connectivity index (χ2n) is 7.45. The van der Waals surface area contributed by atoms with Gasteiger partial charge in [0.25, 0.3) is 0 Å². The first-order valence-corrected chi connectivity index (χ1v) is 8.71. The van der Waals surface area contributed by atoms with E-state index in [1.54, 1.807) is 45.9 Å². The molecule has 0 saturated heterocycles. The van der Waals surface area contributed by atoms with Gasteiger partial charge < -0.3 is 20.5 Å². The topological polar surface area (TPSA) is 91.4 Å². The van der Waals surface area contributed by atoms with E-state index in [0.717, 1.165) is 10.2 Å². The Balaban J connectivity index is 2.14. The van der Waals surface area contributed by atoms with Gasteiger partial charge in [-0.3, -0.25) is 0 Å². The molecule has 28 heavy (non-hydrogen) atoms. The molecule has 0 aliphatic carbocycles. The van der Waals surface area contributed by atoms with Crippen LogP contribution >= 0.6 is 0 Å². The zero-order valence-electron chi connectivity index (χ0n) is 16.5. The number of nitrogen functional groups attached to an aromatic ring is 1. The van der Waals surface area contributed by atoms with E-state index in [1.165, 1.54) is 19.4 Å². The Bertz CT molecular complexity index is 1050. The average molecular weight is 386 g/mol. The van der Waals surface area contributed by atoms with Crippen molar-refractivity contribution in [3.8, 4) is 5.75 Å². The molecule has 0 radical (unpaired) electrons. The SMILES string of the molecule is COc1cc2c(cnn2C(=O)OC(C)(C)C)c(Nc2ccc(C)cc2F)c1N. The summed E-state index contributed by atoms with van der Waals surface area (Å²) in [7, 11) is 1.46. The van der Waals surface area contributed by atoms with E-state index >= 15 is 0 Å². The summed E-state index contributed by atoms with van der Waals surface area (Å²) >= 11 is 0. The van der Waals surface area contributed by atoms with Crippen LogP contribution in [-0.4, -0.2) is 28.6 Å². The largest absolute Gasteiger partial charge is 0.494 e. The van der Waals surface area contributed by atoms with Crippen molar-refractivity contribution in [1.29, 1.82) is 0 Å². The van der Waals surface area contributed by atoms with Gasteiger partial charge >= 0.3 is 6.09 Å². The van der Waals surface area contributed by atoms with Crippen LogP contribution in [0.15, 0.2) is 30.5 Å². The van der Waals surface area contributed by atoms with Gasteiger partial charge in [-0.25, -0.2) is 9.18 Å². The van der Waals surface area contributed by atoms with E-state index in [9.17, 15) is 9.18 Å². The molecule has 7 nitrogen and oxygen atoms in total. The first-order chi connectivity index (χ1) is 13.1. The monoisotopic (exact) mass is 386 g/mol. The molecule has 8 heteroatoms. The minimum atomic E-state index is -0.681. The summed E-state index contributed by atoms with van der Waals surface area (Å²) in [6.45, 7) is 7.10. The van der Waals surface area contributed by atoms with E-state index in [0.29, 0.717) is 22.3 Å². The number of anilines is 3. The van der Waals surface area contributed by atoms with E-state index < -0.39 is 17.5 Å². The Kier molecular flexibility index (Phi) is 4.89. The van der Waals surface area contributed by atoms with E-state index in [4.69, 9.17) is 15.2 Å². The molecule has 3 N–H and O–H groups in total. The lowest BCUT2D eigenvalue weighted by atomic mass is 10.1. The second kappa shape index (κ2) is 7.03. The van der Waals surface area contributed by atoms with Crippen LogP contribution in [0.5, 0.6) is 5.75 Å². The molecular formula is C20H23FN4O3. The molecule has 0 amide bonds. The predicted octanol–water partition coefficient (Wildman–Crippen LogP) is 4.60. The van der Waals surface area contributed by atoms with Crippen LogP contribution in [0.1, 0.15) is 26.3 Å². The fourth-order valence-corrected chi connectivity index (χ4v) is 2.77. The van der Waals surface area contributed by atoms with Gasteiger partial charge in [-0.15, -0.1) is 0 Å². The molecule has 0 atom stereocenters. The fraction of sp³-hybridized carbons (Fsp3) is 0.300. The van der Waals surface area contributed by atoms with Crippen molar-refractivity contribution in [3.05, 3.63) is 41.8 Å². The summed E-state index contributed by atoms with van der Waals surface area (Å²) in [5.41, 5.74) is 7.67. The van der Waals surface area contributed by atoms with Gasteiger partial charge in [0.1, 0.15) is 17.2 Å². The van der Waals surface area contributed by atoms with Crippen molar-refractivity contribution in [2.75, 3.05) is 18.2 Å². The lowest BCUT2D eigenvalue weighted by molar-refractivity contribution is 0.0522. The first-order valence-electron chi connectivity index (χ1n) is 8.71. The molecule has 1 heterocycles. The van der Waals surface area contributed by atoms with Crippen LogP contribution in [0, 0.1) is 12.7 Å². The third-order valence-electron chi connectivity index (χ3n) is 4.05. The quantitative estimate of drug-likeness (QED) is 0.639. The lowest BCUT2D eigenvalue weighted by Gasteiger charge is -2.19. The molecule has 0 aliphatic rings. The number of nitrogens with zero attached hydrogens (tertiary/aromatic N) is 2. The molecule has 0 spiro atoms. The molecule has 0 aliphatic heterocycles. The first kappa shape index (κ1) is 19.5. The summed E-state index contributed by atoms with van der Waals surface area (Å²) in [5, 5.41) is 7.66. The van der Waals surface area contributed by atoms with Crippen molar-refractivity contribution in [1.82, 2.24) is 9.78 Å². The van der Waals surface area contributed by atoms with Gasteiger partial charge in [-0.1, -0.05) is 6.07 Å². The highest BCUT2D eigenvalue weighted by molar-refractivity contribution is 6.04. The van der Waals surface area contributed by atoms with Crippen LogP contribution in [0.2, 0.25) is 0 Å². The summed E-state index contributed by atoms with van der Waals surface area (Å²) in [4.78, 5) is 12.5. The van der Waals surface area contributed by atoms with Crippen molar-refractivity contribution in [2.45, 2.75) is 33.3 Å². The van der Waals surface area contributed by atoms with E-state index in [-0.39, 0.29) is 11.4 Å². The number of carbonyl (C=O) groups is 1. The number of carbonyl (C=O) groups excluding carboxylic acids is 1. The van der Waals surface area contributed by atoms with E-state index in [1.807, 2.05) is 0 Å². The van der Waals surface area contributed by atoms with Gasteiger partial charge in [0.15, 0.2) is 0 Å². The summed E-state index contributed by atoms with van der Waals surface area (Å²) in [5.74, 6) is -0.0947. The van der Waals surface area contributed by atoms with Gasteiger partial charge in [0.05, 0.1) is 35.9 Å². The highest BCUT2D eigenvalue weighted by Gasteiger charge is 2.23. The number of hydrogen-bond acceptors (Lipinski definition) is 6. The summed E-state index contributed by atoms with van der Waals surface area (Å²) in [6, 6.07) is 6.41. The zero-order chi connectivity index (χ0) is 20.6. The van der Waals surface area contributed by atoms with Gasteiger partial charge in [-0.2, -0.15) is 9.78 Å². The minimum Gasteiger partial charge on any atom is -0.494 e. The molecule has 3 aromatic rings. The maximum absolute atomic E-state index is 14.3. The maximum Gasteiger partial charge on any atom is 0.435 e. The third-order valence-corrected chi connectivity index (χ3v) is 4.05. The standard InChI is InChI=1S/C20H23FN4O3/c1-11-6-7-14(13(21)8-11)24-18-12-10-23-25(19(26)28-20(2,3)4)15(12)9-16(27-5)17(18)22/h6-10,24H,22H2,1-5H3. The number of halogens is 1. The summed E-state index contributed by atoms with van der Waals surface area (Å²) < 4.78 is 26.2. The van der Waals surface area contributed by atoms with Crippen molar-refractivity contribution in [2.24, 2.45) is 0 Å². The van der Waals surface area contributed by atoms with E-state index in [2.05, 4.69) is 10.4 Å². The maximum atomic E-state index is 14.3. The number of aryl methyl sites for hydroxylation is 1. The molecule has 0 saturated carbocycles. The smallest absolute Gasteiger partial charge is 0.435 e. The number of nitrogens with two attached hydrogens (primary N) is 1. The number of nitrogens with one attached hydrogen (secondary N) is 1. The number of rotatable bonds is 3. The van der Waals surface area contributed by atoms with Gasteiger partial charge in [0, 0.05) is 11.5 Å². The molecule has 3 rings (SSSR count). The van der Waals surface area contributed by atoms with Crippen LogP contribution in [0.4, 0.5) is 26.2 Å². The molecule has 0 bridgehead atoms. The number of methoxy groups -OCH3 is 1. The fourth-order valence-electron chi connectivity index (χ4n) is 2.77. The van der Waals surface area contributed by atoms with Crippen molar-refractivity contribution >= 4 is 34.1 Å². The molecule has 1 aromatic heterocycles. The van der Waals surface area contributed by atoms with Gasteiger partial charge in [-0.05, 0) is 45.4 Å². The number of ether oxygens (including phenoxy) is 2. The lowest BCUT2D eigenvalue weighted by Crippen LogP contribution is -2.27. The number of hydrogen-bond donors (Lipinski definition) is 2. The zero-order valence-corrected chi connectivity index (χ0v) is 16.5. The van der Waals surface area contributed by atoms with Crippen LogP contribution in [-0.2, 0) is 4.74 Å². The summed E-state index contributed by atoms with van der Waals surface area (Å²) in [6.07, 6.45) is 0.838. The highest BCUT2D eigenvalue weighted by Crippen LogP contribution is 2.39. The Labute approximate surface area is 162 Å².